The molecule has 0 aliphatic carbocycles. The molecule has 11 rings (SSSR count). The molecule has 0 radical (unpaired) electrons. The Morgan fingerprint density at radius 2 is 0.843 bits per heavy atom. The molecule has 1 aliphatic heterocycles. The lowest BCUT2D eigenvalue weighted by atomic mass is 9.71. The number of para-hydroxylation sites is 3. The van der Waals surface area contributed by atoms with Crippen molar-refractivity contribution in [2.24, 2.45) is 0 Å². The Bertz CT molecular complexity index is 4370. The van der Waals surface area contributed by atoms with E-state index in [1.165, 1.54) is 4.90 Å². The molecule has 0 saturated carbocycles. The molecule has 0 fully saturated rings. The van der Waals surface area contributed by atoms with E-state index >= 15 is 35.1 Å². The number of hydrogen-bond donors (Lipinski definition) is 0. The van der Waals surface area contributed by atoms with Gasteiger partial charge >= 0.3 is 0 Å². The van der Waals surface area contributed by atoms with Crippen LogP contribution in [0.1, 0.15) is 132 Å². The lowest BCUT2D eigenvalue weighted by molar-refractivity contribution is 0.381. The van der Waals surface area contributed by atoms with Gasteiger partial charge < -0.3 is 14.5 Å². The molecule has 1 aliphatic rings. The average Bonchev–Trinajstić information content (AvgIpc) is 1.72. The molecule has 15 heteroatoms. The molecule has 10 aromatic rings. The lowest BCUT2D eigenvalue weighted by Crippen LogP contribution is -2.26. The third-order valence-electron chi connectivity index (χ3n) is 16.8. The molecule has 0 bridgehead atoms. The van der Waals surface area contributed by atoms with Gasteiger partial charge in [-0.15, -0.1) is 0 Å². The number of hydrogen-bond acceptors (Lipinski definition) is 4. The van der Waals surface area contributed by atoms with Crippen LogP contribution in [0.2, 0.25) is 0 Å². The number of halogens is 10. The van der Waals surface area contributed by atoms with Gasteiger partial charge in [0, 0.05) is 45.9 Å². The summed E-state index contributed by atoms with van der Waals surface area (Å²) < 4.78 is 168. The van der Waals surface area contributed by atoms with Crippen molar-refractivity contribution in [2.45, 2.75) is 131 Å². The predicted molar refractivity (Wildman–Crippen MR) is 337 cm³/mol. The molecule has 0 atom stereocenters. The smallest absolute Gasteiger partial charge is 0.200 e. The average molecular weight is 1220 g/mol. The summed E-state index contributed by atoms with van der Waals surface area (Å²) in [5, 5.41) is 1.93. The van der Waals surface area contributed by atoms with Crippen LogP contribution in [0.5, 0.6) is 11.5 Å². The van der Waals surface area contributed by atoms with Crippen LogP contribution in [-0.4, -0.2) is 16.2 Å². The van der Waals surface area contributed by atoms with Gasteiger partial charge in [0.25, 0.3) is 0 Å². The highest BCUT2D eigenvalue weighted by Crippen LogP contribution is 2.55. The summed E-state index contributed by atoms with van der Waals surface area (Å²) in [5.74, 6) is -22.0. The van der Waals surface area contributed by atoms with Crippen molar-refractivity contribution in [2.75, 3.05) is 16.5 Å². The van der Waals surface area contributed by atoms with Crippen LogP contribution in [0.25, 0.3) is 61.0 Å². The van der Waals surface area contributed by atoms with E-state index in [9.17, 15) is 8.78 Å². The van der Waals surface area contributed by atoms with E-state index in [1.54, 1.807) is 62.2 Å². The second-order valence-electron chi connectivity index (χ2n) is 28.2. The molecule has 5 nitrogen and oxygen atoms in total. The largest absolute Gasteiger partial charge is 0.457 e. The fourth-order valence-corrected chi connectivity index (χ4v) is 12.0. The maximum Gasteiger partial charge on any atom is 0.200 e. The summed E-state index contributed by atoms with van der Waals surface area (Å²) in [6.45, 7) is 30.0. The molecular weight excluding hydrogens is 1150 g/mol. The first-order valence-corrected chi connectivity index (χ1v) is 29.4. The number of fused-ring (bicyclic) bond motifs is 4. The Morgan fingerprint density at radius 3 is 1.35 bits per heavy atom. The Balaban J connectivity index is 1.20. The Hall–Kier alpha value is -8.59. The first-order chi connectivity index (χ1) is 41.5. The highest BCUT2D eigenvalue weighted by molar-refractivity contribution is 6.09. The van der Waals surface area contributed by atoms with E-state index in [2.05, 4.69) is 112 Å². The quantitative estimate of drug-likeness (QED) is 0.0862. The van der Waals surface area contributed by atoms with Gasteiger partial charge in [0.2, 0.25) is 11.6 Å². The summed E-state index contributed by atoms with van der Waals surface area (Å²) in [4.78, 5) is 7.95. The van der Waals surface area contributed by atoms with Crippen LogP contribution < -0.4 is 14.5 Å². The molecule has 460 valence electrons. The van der Waals surface area contributed by atoms with Crippen molar-refractivity contribution in [1.82, 2.24) is 9.55 Å². The summed E-state index contributed by atoms with van der Waals surface area (Å²) in [5.41, 5.74) is 0.633. The molecule has 0 saturated heterocycles. The second kappa shape index (κ2) is 21.6. The minimum atomic E-state index is -2.48. The van der Waals surface area contributed by atoms with Gasteiger partial charge in [0.15, 0.2) is 46.5 Å². The first-order valence-electron chi connectivity index (χ1n) is 29.4. The fourth-order valence-electron chi connectivity index (χ4n) is 12.0. The number of ether oxygens (including phenoxy) is 1. The standard InChI is InChI=1S/C74H68F10N4O/c1-70(2,3)39-26-27-85-55(34-39)88-51-21-17-16-20-45(51)46-25-24-43(36-54(46)88)89-44-29-38(56-49(73(10,11)12)32-41(72(7,8)9)33-50(56)74(13,14)15)28-42(35-44)86-37-87(53-23-19-18-22-52(53)86)69-47(57-59(75)63(79)67(83)64(80)60(57)76)30-40(71(4,5)6)31-48(69)58-61(77)65(81)68(84)66(82)62(58)78/h16-36H,37H2,1-15H3. The molecular formula is C74H68F10N4O. The van der Waals surface area contributed by atoms with E-state index in [0.29, 0.717) is 34.3 Å². The number of anilines is 4. The minimum Gasteiger partial charge on any atom is -0.457 e. The molecule has 8 aromatic carbocycles. The zero-order valence-corrected chi connectivity index (χ0v) is 52.3. The van der Waals surface area contributed by atoms with Crippen molar-refractivity contribution in [1.29, 1.82) is 0 Å². The minimum absolute atomic E-state index is 0.0204. The number of nitrogens with zero attached hydrogens (tertiary/aromatic N) is 4. The fraction of sp³-hybridized carbons (Fsp3) is 0.284. The molecule has 0 unspecified atom stereocenters. The molecule has 0 spiro atoms. The molecule has 3 heterocycles. The summed E-state index contributed by atoms with van der Waals surface area (Å²) >= 11 is 0. The van der Waals surface area contributed by atoms with Crippen LogP contribution in [-0.2, 0) is 27.1 Å². The number of benzene rings is 8. The van der Waals surface area contributed by atoms with Gasteiger partial charge in [0.05, 0.1) is 39.2 Å². The van der Waals surface area contributed by atoms with Crippen molar-refractivity contribution in [3.8, 4) is 50.7 Å². The highest BCUT2D eigenvalue weighted by Gasteiger charge is 2.40. The predicted octanol–water partition coefficient (Wildman–Crippen LogP) is 22.1. The van der Waals surface area contributed by atoms with E-state index in [1.807, 2.05) is 54.6 Å². The van der Waals surface area contributed by atoms with Crippen LogP contribution in [0, 0.1) is 58.2 Å². The normalized spacial score (nSPS) is 13.4. The number of pyridine rings is 1. The SMILES string of the molecule is CC(C)(C)c1ccnc(-n2c3ccccc3c3ccc(Oc4cc(-c5c(C(C)(C)C)cc(C(C)(C)C)cc5C(C)(C)C)cc(N5CN(c6c(-c7c(F)c(F)c(F)c(F)c7F)cc(C(C)(C)C)cc6-c6c(F)c(F)c(F)c(F)c6F)c6ccccc65)c4)cc32)c1. The molecule has 2 aromatic heterocycles. The maximum atomic E-state index is 16.7. The van der Waals surface area contributed by atoms with Crippen LogP contribution in [0.4, 0.5) is 66.7 Å². The van der Waals surface area contributed by atoms with Gasteiger partial charge in [0.1, 0.15) is 24.0 Å². The van der Waals surface area contributed by atoms with Crippen molar-refractivity contribution >= 4 is 44.6 Å². The van der Waals surface area contributed by atoms with Gasteiger partial charge in [-0.3, -0.25) is 4.57 Å². The first kappa shape index (κ1) is 62.0. The Kier molecular flexibility index (Phi) is 15.0. The topological polar surface area (TPSA) is 33.5 Å². The zero-order chi connectivity index (χ0) is 64.7. The Labute approximate surface area is 512 Å². The van der Waals surface area contributed by atoms with Gasteiger partial charge in [-0.2, -0.15) is 0 Å². The Morgan fingerprint density at radius 1 is 0.382 bits per heavy atom. The summed E-state index contributed by atoms with van der Waals surface area (Å²) in [6, 6.07) is 36.8. The van der Waals surface area contributed by atoms with E-state index in [0.717, 1.165) is 61.8 Å². The zero-order valence-electron chi connectivity index (χ0n) is 52.3. The van der Waals surface area contributed by atoms with E-state index in [4.69, 9.17) is 9.72 Å². The molecule has 0 N–H and O–H groups in total. The van der Waals surface area contributed by atoms with Crippen LogP contribution >= 0.6 is 0 Å². The van der Waals surface area contributed by atoms with Crippen molar-refractivity contribution < 1.29 is 48.6 Å². The third-order valence-corrected chi connectivity index (χ3v) is 16.8. The highest BCUT2D eigenvalue weighted by atomic mass is 19.2. The molecule has 89 heavy (non-hydrogen) atoms. The lowest BCUT2D eigenvalue weighted by Gasteiger charge is -2.34. The summed E-state index contributed by atoms with van der Waals surface area (Å²) in [7, 11) is 0. The second-order valence-corrected chi connectivity index (χ2v) is 28.2. The summed E-state index contributed by atoms with van der Waals surface area (Å²) in [6.07, 6.45) is 1.80. The number of aromatic nitrogens is 2. The van der Waals surface area contributed by atoms with Gasteiger partial charge in [-0.25, -0.2) is 48.9 Å². The van der Waals surface area contributed by atoms with Gasteiger partial charge in [-0.1, -0.05) is 146 Å². The molecule has 0 amide bonds. The van der Waals surface area contributed by atoms with Crippen LogP contribution in [0.3, 0.4) is 0 Å². The number of rotatable bonds is 8. The van der Waals surface area contributed by atoms with Gasteiger partial charge in [-0.05, 0) is 133 Å². The van der Waals surface area contributed by atoms with E-state index in [-0.39, 0.29) is 22.1 Å². The van der Waals surface area contributed by atoms with Crippen molar-refractivity contribution in [3.63, 3.8) is 0 Å². The third kappa shape index (κ3) is 10.7. The maximum absolute atomic E-state index is 16.7. The van der Waals surface area contributed by atoms with Crippen LogP contribution in [0.15, 0.2) is 128 Å². The monoisotopic (exact) mass is 1220 g/mol. The van der Waals surface area contributed by atoms with Crippen molar-refractivity contribution in [3.05, 3.63) is 214 Å². The van der Waals surface area contributed by atoms with E-state index < -0.39 is 109 Å².